The molecule has 1 atom stereocenters. The molecule has 90 valence electrons. The van der Waals surface area contributed by atoms with Crippen LogP contribution < -0.4 is 5.30 Å². The first-order chi connectivity index (χ1) is 7.45. The van der Waals surface area contributed by atoms with E-state index in [1.54, 1.807) is 0 Å². The molecule has 0 fully saturated rings. The molecule has 1 rings (SSSR count). The van der Waals surface area contributed by atoms with Crippen molar-refractivity contribution >= 4 is 37.4 Å². The van der Waals surface area contributed by atoms with Crippen molar-refractivity contribution in [3.8, 4) is 0 Å². The molecule has 0 amide bonds. The Bertz CT molecular complexity index is 330. The number of unbranched alkanes of at least 4 members (excludes halogenated alkanes) is 2. The molecule has 0 aliphatic carbocycles. The molecule has 0 nitrogen and oxygen atoms in total. The van der Waals surface area contributed by atoms with Crippen LogP contribution in [0.25, 0.3) is 0 Å². The van der Waals surface area contributed by atoms with Crippen LogP contribution in [0.2, 0.25) is 0 Å². The normalized spacial score (nSPS) is 14.8. The van der Waals surface area contributed by atoms with Gasteiger partial charge in [-0.2, -0.15) is 0 Å². The van der Waals surface area contributed by atoms with Gasteiger partial charge in [-0.05, 0) is 43.5 Å². The van der Waals surface area contributed by atoms with Crippen LogP contribution in [0.3, 0.4) is 0 Å². The summed E-state index contributed by atoms with van der Waals surface area (Å²) in [5.74, 6) is 0. The van der Waals surface area contributed by atoms with E-state index in [0.29, 0.717) is 0 Å². The van der Waals surface area contributed by atoms with Gasteiger partial charge in [0.2, 0.25) is 5.32 Å². The van der Waals surface area contributed by atoms with E-state index in [2.05, 4.69) is 54.5 Å². The average Bonchev–Trinajstić information content (AvgIpc) is 2.16. The van der Waals surface area contributed by atoms with E-state index in [1.807, 2.05) is 0 Å². The summed E-state index contributed by atoms with van der Waals surface area (Å²) in [5, 5.41) is -0.300. The number of hydrogen-bond acceptors (Lipinski definition) is 0. The zero-order chi connectivity index (χ0) is 12.2. The van der Waals surface area contributed by atoms with Gasteiger partial charge in [0, 0.05) is 0 Å². The number of halogens is 2. The Morgan fingerprint density at radius 2 is 1.69 bits per heavy atom. The maximum atomic E-state index is 6.67. The van der Waals surface area contributed by atoms with Crippen molar-refractivity contribution in [2.75, 3.05) is 6.16 Å². The van der Waals surface area contributed by atoms with E-state index >= 15 is 0 Å². The predicted octanol–water partition coefficient (Wildman–Crippen LogP) is 5.60. The van der Waals surface area contributed by atoms with Crippen molar-refractivity contribution in [1.82, 2.24) is 0 Å². The van der Waals surface area contributed by atoms with E-state index in [1.165, 1.54) is 35.7 Å². The minimum Gasteiger partial charge on any atom is -0.0654 e. The molecule has 0 heterocycles. The van der Waals surface area contributed by atoms with Crippen molar-refractivity contribution in [2.45, 2.75) is 40.0 Å². The van der Waals surface area contributed by atoms with E-state index < -0.39 is 5.32 Å². The second-order valence-electron chi connectivity index (χ2n) is 4.41. The Balaban J connectivity index is 2.80. The standard InChI is InChI=1S/C13H20BrClP/c1-4-5-6-7-16(14,15)13-9-11(2)8-12(3)10-13/h8-10H,4-7H2,1-3H3/q+1. The van der Waals surface area contributed by atoms with Gasteiger partial charge in [0.25, 0.3) is 0 Å². The van der Waals surface area contributed by atoms with Crippen LogP contribution in [0, 0.1) is 13.8 Å². The number of aryl methyl sites for hydroxylation is 2. The third-order valence-electron chi connectivity index (χ3n) is 2.63. The summed E-state index contributed by atoms with van der Waals surface area (Å²) < 4.78 is 0. The lowest BCUT2D eigenvalue weighted by atomic mass is 10.2. The summed E-state index contributed by atoms with van der Waals surface area (Å²) in [6.45, 7) is 6.48. The van der Waals surface area contributed by atoms with Crippen LogP contribution in [0.5, 0.6) is 0 Å². The molecule has 0 aliphatic rings. The minimum atomic E-state index is -1.59. The van der Waals surface area contributed by atoms with E-state index in [9.17, 15) is 0 Å². The maximum absolute atomic E-state index is 6.67. The molecule has 1 aromatic carbocycles. The van der Waals surface area contributed by atoms with Crippen molar-refractivity contribution in [1.29, 1.82) is 0 Å². The number of rotatable bonds is 5. The van der Waals surface area contributed by atoms with Gasteiger partial charge in [0.15, 0.2) is 15.5 Å². The highest BCUT2D eigenvalue weighted by molar-refractivity contribution is 9.45. The molecule has 1 aromatic rings. The fourth-order valence-corrected chi connectivity index (χ4v) is 5.51. The molecular formula is C13H20BrClP+. The summed E-state index contributed by atoms with van der Waals surface area (Å²) in [6, 6.07) is 6.63. The Labute approximate surface area is 113 Å². The lowest BCUT2D eigenvalue weighted by Crippen LogP contribution is -2.06. The first-order valence-corrected chi connectivity index (χ1v) is 10.7. The van der Waals surface area contributed by atoms with Crippen molar-refractivity contribution in [3.63, 3.8) is 0 Å². The van der Waals surface area contributed by atoms with Gasteiger partial charge in [-0.25, -0.2) is 0 Å². The SMILES string of the molecule is CCCCC[P+](Cl)(Br)c1cc(C)cc(C)c1. The highest BCUT2D eigenvalue weighted by Gasteiger charge is 2.36. The third-order valence-corrected chi connectivity index (χ3v) is 7.90. The Morgan fingerprint density at radius 1 is 1.12 bits per heavy atom. The second kappa shape index (κ2) is 6.38. The molecule has 0 N–H and O–H groups in total. The number of hydrogen-bond donors (Lipinski definition) is 0. The predicted molar refractivity (Wildman–Crippen MR) is 81.6 cm³/mol. The van der Waals surface area contributed by atoms with Gasteiger partial charge in [0.1, 0.15) is 16.5 Å². The largest absolute Gasteiger partial charge is 0.214 e. The molecule has 0 aromatic heterocycles. The van der Waals surface area contributed by atoms with Crippen LogP contribution >= 0.6 is 32.0 Å². The third kappa shape index (κ3) is 4.35. The molecule has 0 saturated carbocycles. The van der Waals surface area contributed by atoms with Gasteiger partial charge in [-0.1, -0.05) is 25.8 Å². The van der Waals surface area contributed by atoms with E-state index in [4.69, 9.17) is 11.2 Å². The Hall–Kier alpha value is 0.420. The summed E-state index contributed by atoms with van der Waals surface area (Å²) in [5.41, 5.74) is 2.60. The van der Waals surface area contributed by atoms with Crippen molar-refractivity contribution in [2.24, 2.45) is 0 Å². The van der Waals surface area contributed by atoms with Crippen molar-refractivity contribution in [3.05, 3.63) is 29.3 Å². The zero-order valence-corrected chi connectivity index (χ0v) is 13.5. The summed E-state index contributed by atoms with van der Waals surface area (Å²) >= 11 is 10.4. The molecule has 1 unspecified atom stereocenters. The first kappa shape index (κ1) is 14.5. The molecule has 0 aliphatic heterocycles. The van der Waals surface area contributed by atoms with Crippen LogP contribution in [0.1, 0.15) is 37.3 Å². The molecule has 0 radical (unpaired) electrons. The van der Waals surface area contributed by atoms with Crippen LogP contribution in [0.4, 0.5) is 0 Å². The average molecular weight is 323 g/mol. The van der Waals surface area contributed by atoms with E-state index in [-0.39, 0.29) is 0 Å². The van der Waals surface area contributed by atoms with Gasteiger partial charge >= 0.3 is 0 Å². The minimum absolute atomic E-state index is 1.09. The molecular weight excluding hydrogens is 302 g/mol. The van der Waals surface area contributed by atoms with Crippen LogP contribution in [-0.2, 0) is 0 Å². The van der Waals surface area contributed by atoms with Gasteiger partial charge in [0.05, 0.1) is 6.16 Å². The summed E-state index contributed by atoms with van der Waals surface area (Å²) in [7, 11) is 0. The Morgan fingerprint density at radius 3 is 2.19 bits per heavy atom. The van der Waals surface area contributed by atoms with Gasteiger partial charge in [-0.15, -0.1) is 0 Å². The number of benzene rings is 1. The zero-order valence-electron chi connectivity index (χ0n) is 10.3. The molecule has 16 heavy (non-hydrogen) atoms. The summed E-state index contributed by atoms with van der Waals surface area (Å²) in [4.78, 5) is 0. The smallest absolute Gasteiger partial charge is 0.0654 e. The lowest BCUT2D eigenvalue weighted by molar-refractivity contribution is 0.777. The molecule has 0 bridgehead atoms. The van der Waals surface area contributed by atoms with E-state index in [0.717, 1.165) is 6.16 Å². The summed E-state index contributed by atoms with van der Waals surface area (Å²) in [6.07, 6.45) is 4.82. The fraction of sp³-hybridized carbons (Fsp3) is 0.538. The van der Waals surface area contributed by atoms with Crippen molar-refractivity contribution < 1.29 is 0 Å². The van der Waals surface area contributed by atoms with Crippen LogP contribution in [-0.4, -0.2) is 6.16 Å². The topological polar surface area (TPSA) is 0 Å². The molecule has 0 spiro atoms. The quantitative estimate of drug-likeness (QED) is 0.489. The highest BCUT2D eigenvalue weighted by atomic mass is 79.9. The monoisotopic (exact) mass is 321 g/mol. The first-order valence-electron chi connectivity index (χ1n) is 5.82. The molecule has 0 saturated heterocycles. The van der Waals surface area contributed by atoms with Gasteiger partial charge in [-0.3, -0.25) is 0 Å². The maximum Gasteiger partial charge on any atom is 0.214 e. The second-order valence-corrected chi connectivity index (χ2v) is 13.2. The van der Waals surface area contributed by atoms with Gasteiger partial charge < -0.3 is 0 Å². The Kier molecular flexibility index (Phi) is 5.77. The lowest BCUT2D eigenvalue weighted by Gasteiger charge is -2.12. The molecule has 3 heteroatoms. The fourth-order valence-electron chi connectivity index (χ4n) is 1.83. The van der Waals surface area contributed by atoms with Crippen LogP contribution in [0.15, 0.2) is 18.2 Å². The highest BCUT2D eigenvalue weighted by Crippen LogP contribution is 2.70.